The van der Waals surface area contributed by atoms with E-state index < -0.39 is 0 Å². The van der Waals surface area contributed by atoms with Gasteiger partial charge in [0.25, 0.3) is 5.91 Å². The van der Waals surface area contributed by atoms with Crippen molar-refractivity contribution in [3.05, 3.63) is 65.9 Å². The van der Waals surface area contributed by atoms with Gasteiger partial charge in [0, 0.05) is 18.9 Å². The number of carbonyl (C=O) groups excluding carboxylic acids is 1. The van der Waals surface area contributed by atoms with Gasteiger partial charge in [-0.05, 0) is 48.7 Å². The van der Waals surface area contributed by atoms with E-state index in [4.69, 9.17) is 13.9 Å². The molecule has 0 spiro atoms. The van der Waals surface area contributed by atoms with Crippen molar-refractivity contribution < 1.29 is 18.7 Å². The Morgan fingerprint density at radius 3 is 2.82 bits per heavy atom. The smallest absolute Gasteiger partial charge is 0.290 e. The van der Waals surface area contributed by atoms with E-state index in [0.29, 0.717) is 36.1 Å². The number of furan rings is 1. The van der Waals surface area contributed by atoms with Crippen molar-refractivity contribution in [1.82, 2.24) is 14.7 Å². The first-order valence-corrected chi connectivity index (χ1v) is 9.28. The van der Waals surface area contributed by atoms with Crippen molar-refractivity contribution in [3.8, 4) is 11.5 Å². The first-order chi connectivity index (χ1) is 13.7. The molecule has 1 atom stereocenters. The van der Waals surface area contributed by atoms with Gasteiger partial charge in [-0.2, -0.15) is 5.10 Å². The quantitative estimate of drug-likeness (QED) is 0.653. The summed E-state index contributed by atoms with van der Waals surface area (Å²) in [5, 5.41) is 4.16. The maximum Gasteiger partial charge on any atom is 0.290 e. The molecule has 0 unspecified atom stereocenters. The number of carbonyl (C=O) groups is 1. The highest BCUT2D eigenvalue weighted by Crippen LogP contribution is 2.37. The van der Waals surface area contributed by atoms with Gasteiger partial charge in [-0.15, -0.1) is 0 Å². The Balaban J connectivity index is 1.53. The molecule has 0 N–H and O–H groups in total. The van der Waals surface area contributed by atoms with E-state index in [2.05, 4.69) is 5.10 Å². The van der Waals surface area contributed by atoms with Crippen molar-refractivity contribution in [2.24, 2.45) is 0 Å². The van der Waals surface area contributed by atoms with Crippen molar-refractivity contribution in [2.45, 2.75) is 25.4 Å². The van der Waals surface area contributed by atoms with E-state index in [1.807, 2.05) is 41.4 Å². The topological polar surface area (TPSA) is 69.7 Å². The Bertz CT molecular complexity index is 948. The molecule has 28 heavy (non-hydrogen) atoms. The van der Waals surface area contributed by atoms with E-state index in [9.17, 15) is 4.79 Å². The lowest BCUT2D eigenvalue weighted by Gasteiger charge is -2.25. The van der Waals surface area contributed by atoms with Gasteiger partial charge in [-0.1, -0.05) is 6.07 Å². The molecule has 0 saturated carbocycles. The molecule has 4 rings (SSSR count). The van der Waals surface area contributed by atoms with Crippen LogP contribution < -0.4 is 9.47 Å². The largest absolute Gasteiger partial charge is 0.493 e. The molecule has 1 saturated heterocycles. The summed E-state index contributed by atoms with van der Waals surface area (Å²) in [7, 11) is 3.23. The molecular weight excluding hydrogens is 358 g/mol. The third-order valence-corrected chi connectivity index (χ3v) is 5.06. The Morgan fingerprint density at radius 1 is 1.21 bits per heavy atom. The van der Waals surface area contributed by atoms with Gasteiger partial charge < -0.3 is 18.8 Å². The Morgan fingerprint density at radius 2 is 2.07 bits per heavy atom. The molecule has 3 aromatic rings. The highest BCUT2D eigenvalue weighted by atomic mass is 16.5. The lowest BCUT2D eigenvalue weighted by atomic mass is 10.0. The van der Waals surface area contributed by atoms with Gasteiger partial charge in [0.15, 0.2) is 17.3 Å². The summed E-state index contributed by atoms with van der Waals surface area (Å²) in [5.41, 5.74) is 1.03. The molecule has 0 radical (unpaired) electrons. The average Bonchev–Trinajstić information content (AvgIpc) is 3.49. The number of aromatic nitrogens is 2. The fourth-order valence-electron chi connectivity index (χ4n) is 3.69. The van der Waals surface area contributed by atoms with Crippen LogP contribution in [0, 0.1) is 0 Å². The third kappa shape index (κ3) is 3.47. The zero-order chi connectivity index (χ0) is 19.5. The summed E-state index contributed by atoms with van der Waals surface area (Å²) in [5.74, 6) is 2.31. The molecule has 1 aliphatic rings. The van der Waals surface area contributed by atoms with Crippen LogP contribution in [0.25, 0.3) is 0 Å². The second-order valence-electron chi connectivity index (χ2n) is 6.74. The summed E-state index contributed by atoms with van der Waals surface area (Å²) in [6, 6.07) is 11.2. The SMILES string of the molecule is COc1ccc([C@@H]2CCCN2C(=O)c2ccc(Cn3cccn3)o2)cc1OC. The molecule has 1 fully saturated rings. The molecule has 1 aliphatic heterocycles. The second kappa shape index (κ2) is 7.80. The van der Waals surface area contributed by atoms with Gasteiger partial charge in [-0.3, -0.25) is 9.48 Å². The number of rotatable bonds is 6. The molecular formula is C21H23N3O4. The molecule has 1 aromatic carbocycles. The minimum atomic E-state index is -0.0935. The summed E-state index contributed by atoms with van der Waals surface area (Å²) in [6.45, 7) is 1.20. The van der Waals surface area contributed by atoms with Gasteiger partial charge >= 0.3 is 0 Å². The first kappa shape index (κ1) is 18.2. The minimum Gasteiger partial charge on any atom is -0.493 e. The molecule has 7 heteroatoms. The van der Waals surface area contributed by atoms with Crippen molar-refractivity contribution in [1.29, 1.82) is 0 Å². The van der Waals surface area contributed by atoms with Crippen LogP contribution in [-0.4, -0.2) is 41.4 Å². The van der Waals surface area contributed by atoms with Crippen molar-refractivity contribution in [2.75, 3.05) is 20.8 Å². The zero-order valence-corrected chi connectivity index (χ0v) is 16.0. The van der Waals surface area contributed by atoms with Crippen LogP contribution in [-0.2, 0) is 6.54 Å². The summed E-state index contributed by atoms with van der Waals surface area (Å²) >= 11 is 0. The van der Waals surface area contributed by atoms with Gasteiger partial charge in [0.05, 0.1) is 26.8 Å². The summed E-state index contributed by atoms with van der Waals surface area (Å²) in [6.07, 6.45) is 5.43. The Hall–Kier alpha value is -3.22. The molecule has 2 aromatic heterocycles. The highest BCUT2D eigenvalue weighted by Gasteiger charge is 2.32. The third-order valence-electron chi connectivity index (χ3n) is 5.06. The van der Waals surface area contributed by atoms with E-state index in [1.165, 1.54) is 0 Å². The molecule has 7 nitrogen and oxygen atoms in total. The van der Waals surface area contributed by atoms with Crippen LogP contribution in [0.2, 0.25) is 0 Å². The van der Waals surface area contributed by atoms with Crippen LogP contribution >= 0.6 is 0 Å². The van der Waals surface area contributed by atoms with Crippen LogP contribution in [0.15, 0.2) is 53.2 Å². The maximum atomic E-state index is 13.1. The number of hydrogen-bond acceptors (Lipinski definition) is 5. The number of benzene rings is 1. The minimum absolute atomic E-state index is 0.00743. The Kier molecular flexibility index (Phi) is 5.06. The average molecular weight is 381 g/mol. The summed E-state index contributed by atoms with van der Waals surface area (Å²) < 4.78 is 18.3. The molecule has 1 amide bonds. The van der Waals surface area contributed by atoms with Crippen molar-refractivity contribution >= 4 is 5.91 Å². The zero-order valence-electron chi connectivity index (χ0n) is 16.0. The number of ether oxygens (including phenoxy) is 2. The van der Waals surface area contributed by atoms with Gasteiger partial charge in [-0.25, -0.2) is 0 Å². The number of nitrogens with zero attached hydrogens (tertiary/aromatic N) is 3. The number of likely N-dealkylation sites (tertiary alicyclic amines) is 1. The monoisotopic (exact) mass is 381 g/mol. The summed E-state index contributed by atoms with van der Waals surface area (Å²) in [4.78, 5) is 15.0. The highest BCUT2D eigenvalue weighted by molar-refractivity contribution is 5.92. The predicted octanol–water partition coefficient (Wildman–Crippen LogP) is 3.52. The fraction of sp³-hybridized carbons (Fsp3) is 0.333. The van der Waals surface area contributed by atoms with E-state index in [-0.39, 0.29) is 11.9 Å². The van der Waals surface area contributed by atoms with E-state index >= 15 is 0 Å². The van der Waals surface area contributed by atoms with Crippen LogP contribution in [0.4, 0.5) is 0 Å². The first-order valence-electron chi connectivity index (χ1n) is 9.28. The number of methoxy groups -OCH3 is 2. The molecule has 3 heterocycles. The second-order valence-corrected chi connectivity index (χ2v) is 6.74. The fourth-order valence-corrected chi connectivity index (χ4v) is 3.69. The molecule has 146 valence electrons. The Labute approximate surface area is 163 Å². The van der Waals surface area contributed by atoms with Crippen molar-refractivity contribution in [3.63, 3.8) is 0 Å². The van der Waals surface area contributed by atoms with Crippen LogP contribution in [0.5, 0.6) is 11.5 Å². The number of amides is 1. The lowest BCUT2D eigenvalue weighted by molar-refractivity contribution is 0.0701. The van der Waals surface area contributed by atoms with Gasteiger partial charge in [0.1, 0.15) is 5.76 Å². The predicted molar refractivity (Wildman–Crippen MR) is 103 cm³/mol. The van der Waals surface area contributed by atoms with Crippen LogP contribution in [0.1, 0.15) is 40.8 Å². The number of hydrogen-bond donors (Lipinski definition) is 0. The molecule has 0 aliphatic carbocycles. The maximum absolute atomic E-state index is 13.1. The normalized spacial score (nSPS) is 16.4. The van der Waals surface area contributed by atoms with E-state index in [0.717, 1.165) is 18.4 Å². The standard InChI is InChI=1S/C21H23N3O4/c1-26-18-8-6-15(13-20(18)27-2)17-5-3-12-24(17)21(25)19-9-7-16(28-19)14-23-11-4-10-22-23/h4,6-11,13,17H,3,5,12,14H2,1-2H3/t17-/m0/s1. The van der Waals surface area contributed by atoms with Gasteiger partial charge in [0.2, 0.25) is 0 Å². The van der Waals surface area contributed by atoms with Crippen LogP contribution in [0.3, 0.4) is 0 Å². The molecule has 0 bridgehead atoms. The lowest BCUT2D eigenvalue weighted by Crippen LogP contribution is -2.30. The van der Waals surface area contributed by atoms with E-state index in [1.54, 1.807) is 31.2 Å².